The van der Waals surface area contributed by atoms with Crippen LogP contribution < -0.4 is 10.2 Å². The summed E-state index contributed by atoms with van der Waals surface area (Å²) in [5.41, 5.74) is 4.15. The molecule has 1 aromatic rings. The Morgan fingerprint density at radius 2 is 2.19 bits per heavy atom. The molecule has 1 fully saturated rings. The molecule has 0 aliphatic carbocycles. The van der Waals surface area contributed by atoms with Crippen molar-refractivity contribution in [1.82, 2.24) is 5.32 Å². The fourth-order valence-electron chi connectivity index (χ4n) is 2.85. The highest BCUT2D eigenvalue weighted by Crippen LogP contribution is 2.37. The van der Waals surface area contributed by atoms with Crippen LogP contribution in [0.25, 0.3) is 0 Å². The Balaban J connectivity index is 2.07. The first kappa shape index (κ1) is 10.1. The van der Waals surface area contributed by atoms with Gasteiger partial charge in [-0.1, -0.05) is 12.1 Å². The van der Waals surface area contributed by atoms with Crippen molar-refractivity contribution in [2.24, 2.45) is 0 Å². The molecule has 2 heterocycles. The van der Waals surface area contributed by atoms with Crippen molar-refractivity contribution in [2.45, 2.75) is 18.6 Å². The number of hydrogen-bond donors (Lipinski definition) is 1. The summed E-state index contributed by atoms with van der Waals surface area (Å²) in [6, 6.07) is 6.59. The summed E-state index contributed by atoms with van der Waals surface area (Å²) in [4.78, 5) is 2.17. The Kier molecular flexibility index (Phi) is 2.37. The average Bonchev–Trinajstić information content (AvgIpc) is 2.76. The number of nitrogens with one attached hydrogen (secondary N) is 1. The molecule has 3 heteroatoms. The van der Waals surface area contributed by atoms with Gasteiger partial charge in [0.25, 0.3) is 0 Å². The molecule has 1 saturated heterocycles. The zero-order chi connectivity index (χ0) is 11.1. The minimum atomic E-state index is 0.380. The highest BCUT2D eigenvalue weighted by atomic mass is 16.5. The molecular weight excluding hydrogens is 200 g/mol. The summed E-state index contributed by atoms with van der Waals surface area (Å²) >= 11 is 0. The van der Waals surface area contributed by atoms with Crippen LogP contribution in [0.4, 0.5) is 5.69 Å². The lowest BCUT2D eigenvalue weighted by Gasteiger charge is -2.31. The van der Waals surface area contributed by atoms with Gasteiger partial charge in [0.15, 0.2) is 0 Å². The zero-order valence-electron chi connectivity index (χ0n) is 9.86. The molecule has 3 nitrogen and oxygen atoms in total. The standard InChI is InChI=1S/C13H18N2O/c1-15(2)12-5-3-4-9-10-6-14-7-13(10)16-8-11(9)12/h3-5,10,13-14H,6-8H2,1-2H3/t10-,13-/m1/s1. The van der Waals surface area contributed by atoms with Crippen LogP contribution in [0, 0.1) is 0 Å². The Morgan fingerprint density at radius 1 is 1.31 bits per heavy atom. The number of fused-ring (bicyclic) bond motifs is 3. The van der Waals surface area contributed by atoms with E-state index in [1.807, 2.05) is 0 Å². The second-order valence-corrected chi connectivity index (χ2v) is 4.85. The van der Waals surface area contributed by atoms with Gasteiger partial charge in [-0.3, -0.25) is 0 Å². The summed E-state index contributed by atoms with van der Waals surface area (Å²) in [6.45, 7) is 2.80. The van der Waals surface area contributed by atoms with Gasteiger partial charge >= 0.3 is 0 Å². The topological polar surface area (TPSA) is 24.5 Å². The first-order valence-electron chi connectivity index (χ1n) is 5.89. The summed E-state index contributed by atoms with van der Waals surface area (Å²) in [7, 11) is 4.18. The van der Waals surface area contributed by atoms with E-state index >= 15 is 0 Å². The zero-order valence-corrected chi connectivity index (χ0v) is 9.86. The third kappa shape index (κ3) is 1.43. The maximum atomic E-state index is 5.93. The maximum Gasteiger partial charge on any atom is 0.0784 e. The first-order chi connectivity index (χ1) is 7.77. The molecule has 1 N–H and O–H groups in total. The van der Waals surface area contributed by atoms with Gasteiger partial charge in [0.2, 0.25) is 0 Å². The SMILES string of the molecule is CN(C)c1cccc2c1CO[C@@H]1CNC[C@H]21. The van der Waals surface area contributed by atoms with Gasteiger partial charge < -0.3 is 15.0 Å². The minimum Gasteiger partial charge on any atom is -0.377 e. The van der Waals surface area contributed by atoms with Crippen LogP contribution in [0.2, 0.25) is 0 Å². The van der Waals surface area contributed by atoms with Crippen LogP contribution in [0.1, 0.15) is 17.0 Å². The molecule has 0 saturated carbocycles. The average molecular weight is 218 g/mol. The highest BCUT2D eigenvalue weighted by Gasteiger charge is 2.35. The first-order valence-corrected chi connectivity index (χ1v) is 5.89. The highest BCUT2D eigenvalue weighted by molar-refractivity contribution is 5.57. The lowest BCUT2D eigenvalue weighted by Crippen LogP contribution is -2.28. The lowest BCUT2D eigenvalue weighted by molar-refractivity contribution is 0.0302. The number of rotatable bonds is 1. The van der Waals surface area contributed by atoms with E-state index in [1.54, 1.807) is 0 Å². The van der Waals surface area contributed by atoms with E-state index in [1.165, 1.54) is 16.8 Å². The van der Waals surface area contributed by atoms with E-state index in [0.717, 1.165) is 19.7 Å². The molecule has 1 aromatic carbocycles. The number of nitrogens with zero attached hydrogens (tertiary/aromatic N) is 1. The molecule has 2 aliphatic rings. The molecule has 0 radical (unpaired) electrons. The van der Waals surface area contributed by atoms with Gasteiger partial charge in [-0.2, -0.15) is 0 Å². The number of anilines is 1. The number of hydrogen-bond acceptors (Lipinski definition) is 3. The van der Waals surface area contributed by atoms with Crippen LogP contribution in [0.3, 0.4) is 0 Å². The van der Waals surface area contributed by atoms with Crippen molar-refractivity contribution in [2.75, 3.05) is 32.1 Å². The quantitative estimate of drug-likeness (QED) is 0.770. The van der Waals surface area contributed by atoms with Crippen LogP contribution in [0.5, 0.6) is 0 Å². The summed E-state index contributed by atoms with van der Waals surface area (Å²) in [5, 5.41) is 3.42. The van der Waals surface area contributed by atoms with Gasteiger partial charge in [0, 0.05) is 44.4 Å². The van der Waals surface area contributed by atoms with E-state index in [4.69, 9.17) is 4.74 Å². The molecule has 0 unspecified atom stereocenters. The van der Waals surface area contributed by atoms with E-state index < -0.39 is 0 Å². The van der Waals surface area contributed by atoms with Crippen LogP contribution >= 0.6 is 0 Å². The van der Waals surface area contributed by atoms with E-state index in [0.29, 0.717) is 12.0 Å². The fraction of sp³-hybridized carbons (Fsp3) is 0.538. The van der Waals surface area contributed by atoms with Crippen LogP contribution in [-0.2, 0) is 11.3 Å². The Labute approximate surface area is 96.4 Å². The fourth-order valence-corrected chi connectivity index (χ4v) is 2.85. The largest absolute Gasteiger partial charge is 0.377 e. The van der Waals surface area contributed by atoms with Gasteiger partial charge in [-0.15, -0.1) is 0 Å². The van der Waals surface area contributed by atoms with Crippen molar-refractivity contribution in [3.63, 3.8) is 0 Å². The van der Waals surface area contributed by atoms with Gasteiger partial charge in [0.1, 0.15) is 0 Å². The molecule has 0 spiro atoms. The number of benzene rings is 1. The van der Waals surface area contributed by atoms with E-state index in [-0.39, 0.29) is 0 Å². The molecule has 2 aliphatic heterocycles. The van der Waals surface area contributed by atoms with Crippen LogP contribution in [0.15, 0.2) is 18.2 Å². The molecule has 3 rings (SSSR count). The third-order valence-electron chi connectivity index (χ3n) is 3.67. The minimum absolute atomic E-state index is 0.380. The predicted molar refractivity (Wildman–Crippen MR) is 65.0 cm³/mol. The molecule has 16 heavy (non-hydrogen) atoms. The summed E-state index contributed by atoms with van der Waals surface area (Å²) < 4.78 is 5.93. The second kappa shape index (κ2) is 3.75. The van der Waals surface area contributed by atoms with E-state index in [9.17, 15) is 0 Å². The Morgan fingerprint density at radius 3 is 3.00 bits per heavy atom. The van der Waals surface area contributed by atoms with Crippen molar-refractivity contribution in [1.29, 1.82) is 0 Å². The lowest BCUT2D eigenvalue weighted by atomic mass is 9.88. The Bertz CT molecular complexity index is 403. The molecule has 0 bridgehead atoms. The molecular formula is C13H18N2O. The van der Waals surface area contributed by atoms with Crippen molar-refractivity contribution in [3.8, 4) is 0 Å². The smallest absolute Gasteiger partial charge is 0.0784 e. The summed E-state index contributed by atoms with van der Waals surface area (Å²) in [5.74, 6) is 0.545. The second-order valence-electron chi connectivity index (χ2n) is 4.85. The predicted octanol–water partition coefficient (Wildman–Crippen LogP) is 1.34. The van der Waals surface area contributed by atoms with E-state index in [2.05, 4.69) is 42.5 Å². The normalized spacial score (nSPS) is 27.4. The summed E-state index contributed by atoms with van der Waals surface area (Å²) in [6.07, 6.45) is 0.380. The van der Waals surface area contributed by atoms with Gasteiger partial charge in [-0.05, 0) is 11.6 Å². The van der Waals surface area contributed by atoms with Crippen molar-refractivity contribution in [3.05, 3.63) is 29.3 Å². The maximum absolute atomic E-state index is 5.93. The van der Waals surface area contributed by atoms with Gasteiger partial charge in [-0.25, -0.2) is 0 Å². The monoisotopic (exact) mass is 218 g/mol. The molecule has 86 valence electrons. The van der Waals surface area contributed by atoms with Gasteiger partial charge in [0.05, 0.1) is 12.7 Å². The molecule has 0 aromatic heterocycles. The Hall–Kier alpha value is -1.06. The van der Waals surface area contributed by atoms with Crippen LogP contribution in [-0.4, -0.2) is 33.3 Å². The third-order valence-corrected chi connectivity index (χ3v) is 3.67. The van der Waals surface area contributed by atoms with Crippen molar-refractivity contribution >= 4 is 5.69 Å². The van der Waals surface area contributed by atoms with Crippen molar-refractivity contribution < 1.29 is 4.74 Å². The number of ether oxygens (including phenoxy) is 1. The molecule has 2 atom stereocenters. The molecule has 0 amide bonds.